The van der Waals surface area contributed by atoms with E-state index in [2.05, 4.69) is 20.9 Å². The van der Waals surface area contributed by atoms with Gasteiger partial charge in [0, 0.05) is 23.5 Å². The van der Waals surface area contributed by atoms with E-state index < -0.39 is 54.0 Å². The van der Waals surface area contributed by atoms with Crippen LogP contribution >= 0.6 is 11.8 Å². The summed E-state index contributed by atoms with van der Waals surface area (Å²) in [6.45, 7) is 1.24. The average Bonchev–Trinajstić information content (AvgIpc) is 3.36. The van der Waals surface area contributed by atoms with E-state index >= 15 is 0 Å². The number of benzene rings is 2. The third kappa shape index (κ3) is 8.96. The number of aliphatic hydroxyl groups excluding tert-OH is 1. The molecule has 9 N–H and O–H groups in total. The van der Waals surface area contributed by atoms with Gasteiger partial charge in [0.15, 0.2) is 6.04 Å². The molecule has 3 amide bonds. The average molecular weight is 600 g/mol. The zero-order valence-corrected chi connectivity index (χ0v) is 24.2. The molecule has 1 aromatic heterocycles. The minimum absolute atomic E-state index is 0.0112. The maximum absolute atomic E-state index is 13.5. The number of rotatable bonds is 15. The van der Waals surface area contributed by atoms with Crippen LogP contribution in [-0.2, 0) is 32.0 Å². The van der Waals surface area contributed by atoms with Crippen LogP contribution in [-0.4, -0.2) is 86.3 Å². The van der Waals surface area contributed by atoms with Gasteiger partial charge in [0.05, 0.1) is 12.1 Å². The summed E-state index contributed by atoms with van der Waals surface area (Å²) in [5, 5.41) is 37.3. The zero-order valence-electron chi connectivity index (χ0n) is 23.4. The van der Waals surface area contributed by atoms with Crippen LogP contribution in [0.1, 0.15) is 24.5 Å². The van der Waals surface area contributed by atoms with Crippen molar-refractivity contribution in [3.63, 3.8) is 0 Å². The largest absolute Gasteiger partial charge is 0.508 e. The number of aliphatic carboxylic acids is 1. The van der Waals surface area contributed by atoms with Crippen molar-refractivity contribution in [3.05, 3.63) is 65.9 Å². The van der Waals surface area contributed by atoms with Crippen LogP contribution in [0.3, 0.4) is 0 Å². The van der Waals surface area contributed by atoms with Crippen molar-refractivity contribution in [2.45, 2.75) is 56.5 Å². The third-order valence-corrected chi connectivity index (χ3v) is 7.39. The number of nitrogens with two attached hydrogens (primary N) is 1. The first kappa shape index (κ1) is 32.4. The van der Waals surface area contributed by atoms with E-state index in [1.165, 1.54) is 30.8 Å². The molecule has 5 unspecified atom stereocenters. The number of thioether (sulfide) groups is 1. The summed E-state index contributed by atoms with van der Waals surface area (Å²) < 4.78 is 0. The van der Waals surface area contributed by atoms with E-state index in [1.807, 2.05) is 30.5 Å². The Kier molecular flexibility index (Phi) is 11.8. The van der Waals surface area contributed by atoms with E-state index in [-0.39, 0.29) is 25.0 Å². The highest BCUT2D eigenvalue weighted by atomic mass is 32.2. The number of aromatic nitrogens is 1. The molecule has 0 saturated carbocycles. The number of nitrogens with one attached hydrogen (secondary N) is 4. The minimum Gasteiger partial charge on any atom is -0.508 e. The number of aromatic amines is 1. The normalized spacial score (nSPS) is 14.8. The Morgan fingerprint density at radius 1 is 0.929 bits per heavy atom. The Morgan fingerprint density at radius 2 is 1.57 bits per heavy atom. The van der Waals surface area contributed by atoms with Crippen LogP contribution in [0.4, 0.5) is 0 Å². The number of carboxylic acid groups (broad SMARTS) is 1. The van der Waals surface area contributed by atoms with Crippen LogP contribution in [0, 0.1) is 0 Å². The number of hydrogen-bond donors (Lipinski definition) is 8. The summed E-state index contributed by atoms with van der Waals surface area (Å²) in [4.78, 5) is 54.5. The lowest BCUT2D eigenvalue weighted by Gasteiger charge is -2.26. The highest BCUT2D eigenvalue weighted by molar-refractivity contribution is 7.98. The molecule has 0 aliphatic heterocycles. The zero-order chi connectivity index (χ0) is 30.8. The number of para-hydroxylation sites is 1. The highest BCUT2D eigenvalue weighted by Crippen LogP contribution is 2.19. The first-order chi connectivity index (χ1) is 20.0. The minimum atomic E-state index is -1.59. The number of aliphatic hydroxyl groups is 1. The van der Waals surface area contributed by atoms with Gasteiger partial charge in [-0.3, -0.25) is 14.4 Å². The monoisotopic (exact) mass is 599 g/mol. The van der Waals surface area contributed by atoms with E-state index in [9.17, 15) is 34.5 Å². The van der Waals surface area contributed by atoms with E-state index in [1.54, 1.807) is 18.3 Å². The molecule has 0 saturated heterocycles. The van der Waals surface area contributed by atoms with Gasteiger partial charge < -0.3 is 42.0 Å². The fraction of sp³-hybridized carbons (Fsp3) is 0.379. The SMILES string of the molecule is CSCCC(NC(=O)C(N)Cc1ccc(O)cc1)C(=O)NC(Cc1c[nH]c2ccccc12)C(=O)NC(C(=O)O)C(C)O. The van der Waals surface area contributed by atoms with Crippen molar-refractivity contribution in [1.82, 2.24) is 20.9 Å². The van der Waals surface area contributed by atoms with Crippen LogP contribution in [0.5, 0.6) is 5.75 Å². The second kappa shape index (κ2) is 15.2. The maximum atomic E-state index is 13.5. The summed E-state index contributed by atoms with van der Waals surface area (Å²) in [5.74, 6) is -2.84. The molecule has 226 valence electrons. The molecule has 0 aliphatic rings. The van der Waals surface area contributed by atoms with Crippen LogP contribution in [0.25, 0.3) is 10.9 Å². The number of carbonyl (C=O) groups is 4. The lowest BCUT2D eigenvalue weighted by atomic mass is 10.0. The molecule has 3 rings (SSSR count). The van der Waals surface area contributed by atoms with Gasteiger partial charge in [0.25, 0.3) is 0 Å². The molecule has 5 atom stereocenters. The van der Waals surface area contributed by atoms with Crippen molar-refractivity contribution < 1.29 is 34.5 Å². The first-order valence-electron chi connectivity index (χ1n) is 13.4. The first-order valence-corrected chi connectivity index (χ1v) is 14.8. The molecule has 0 aliphatic carbocycles. The Bertz CT molecular complexity index is 1380. The number of amides is 3. The molecule has 3 aromatic rings. The molecule has 1 heterocycles. The standard InChI is InChI=1S/C29H37N5O7S/c1-16(35)25(29(40)41)34-28(39)24(14-18-15-31-22-6-4-3-5-20(18)22)33-27(38)23(11-12-42-2)32-26(37)21(30)13-17-7-9-19(36)10-8-17/h3-10,15-16,21,23-25,31,35-36H,11-14,30H2,1-2H3,(H,32,37)(H,33,38)(H,34,39)(H,40,41). The van der Waals surface area contributed by atoms with Crippen LogP contribution in [0.15, 0.2) is 54.7 Å². The molecule has 0 bridgehead atoms. The number of aromatic hydroxyl groups is 1. The Morgan fingerprint density at radius 3 is 2.21 bits per heavy atom. The number of fused-ring (bicyclic) bond motifs is 1. The molecule has 42 heavy (non-hydrogen) atoms. The maximum Gasteiger partial charge on any atom is 0.328 e. The van der Waals surface area contributed by atoms with Gasteiger partial charge in [0.2, 0.25) is 17.7 Å². The number of carboxylic acids is 1. The van der Waals surface area contributed by atoms with Gasteiger partial charge >= 0.3 is 5.97 Å². The number of carbonyl (C=O) groups excluding carboxylic acids is 3. The van der Waals surface area contributed by atoms with E-state index in [0.29, 0.717) is 11.3 Å². The molecule has 13 heteroatoms. The van der Waals surface area contributed by atoms with Gasteiger partial charge in [-0.2, -0.15) is 11.8 Å². The van der Waals surface area contributed by atoms with Crippen LogP contribution in [0.2, 0.25) is 0 Å². The summed E-state index contributed by atoms with van der Waals surface area (Å²) in [6, 6.07) is 8.82. The molecular weight excluding hydrogens is 562 g/mol. The Labute approximate surface area is 247 Å². The summed E-state index contributed by atoms with van der Waals surface area (Å²) in [6.07, 6.45) is 2.59. The summed E-state index contributed by atoms with van der Waals surface area (Å²) >= 11 is 1.47. The van der Waals surface area contributed by atoms with Gasteiger partial charge in [-0.05, 0) is 61.1 Å². The summed E-state index contributed by atoms with van der Waals surface area (Å²) in [7, 11) is 0. The Balaban J connectivity index is 1.80. The van der Waals surface area contributed by atoms with Gasteiger partial charge in [-0.1, -0.05) is 30.3 Å². The fourth-order valence-electron chi connectivity index (χ4n) is 4.41. The lowest BCUT2D eigenvalue weighted by molar-refractivity contribution is -0.145. The number of hydrogen-bond acceptors (Lipinski definition) is 8. The van der Waals surface area contributed by atoms with Crippen LogP contribution < -0.4 is 21.7 Å². The molecule has 12 nitrogen and oxygen atoms in total. The molecular formula is C29H37N5O7S. The molecule has 0 spiro atoms. The smallest absolute Gasteiger partial charge is 0.328 e. The molecule has 0 radical (unpaired) electrons. The number of H-pyrrole nitrogens is 1. The van der Waals surface area contributed by atoms with Crippen molar-refractivity contribution in [3.8, 4) is 5.75 Å². The Hall–Kier alpha value is -4.07. The second-order valence-corrected chi connectivity index (χ2v) is 11.0. The van der Waals surface area contributed by atoms with Crippen molar-refractivity contribution in [2.75, 3.05) is 12.0 Å². The fourth-order valence-corrected chi connectivity index (χ4v) is 4.88. The van der Waals surface area contributed by atoms with Crippen molar-refractivity contribution >= 4 is 46.4 Å². The van der Waals surface area contributed by atoms with Crippen molar-refractivity contribution in [2.24, 2.45) is 5.73 Å². The van der Waals surface area contributed by atoms with Crippen molar-refractivity contribution in [1.29, 1.82) is 0 Å². The number of phenolic OH excluding ortho intramolecular Hbond substituents is 1. The highest BCUT2D eigenvalue weighted by Gasteiger charge is 2.32. The third-order valence-electron chi connectivity index (χ3n) is 6.75. The molecule has 2 aromatic carbocycles. The van der Waals surface area contributed by atoms with E-state index in [0.717, 1.165) is 16.5 Å². The lowest BCUT2D eigenvalue weighted by Crippen LogP contribution is -2.59. The number of phenols is 1. The predicted octanol–water partition coefficient (Wildman–Crippen LogP) is 0.659. The topological polar surface area (TPSA) is 207 Å². The van der Waals surface area contributed by atoms with Gasteiger partial charge in [-0.25, -0.2) is 4.79 Å². The van der Waals surface area contributed by atoms with E-state index in [4.69, 9.17) is 5.73 Å². The van der Waals surface area contributed by atoms with Gasteiger partial charge in [0.1, 0.15) is 17.8 Å². The second-order valence-electron chi connectivity index (χ2n) is 10.0. The quantitative estimate of drug-likeness (QED) is 0.123. The summed E-state index contributed by atoms with van der Waals surface area (Å²) in [5.41, 5.74) is 8.36. The van der Waals surface area contributed by atoms with Gasteiger partial charge in [-0.15, -0.1) is 0 Å². The molecule has 0 fully saturated rings. The predicted molar refractivity (Wildman–Crippen MR) is 160 cm³/mol.